The molecule has 0 saturated heterocycles. The number of rotatable bonds is 6. The van der Waals surface area contributed by atoms with E-state index in [9.17, 15) is 9.18 Å². The Morgan fingerprint density at radius 3 is 2.38 bits per heavy atom. The van der Waals surface area contributed by atoms with E-state index < -0.39 is 0 Å². The molecule has 0 spiro atoms. The Balaban J connectivity index is 1.66. The molecule has 2 aromatic carbocycles. The molecule has 6 heteroatoms. The molecule has 0 aliphatic rings. The molecule has 0 aliphatic carbocycles. The summed E-state index contributed by atoms with van der Waals surface area (Å²) in [6.45, 7) is 1.30. The lowest BCUT2D eigenvalue weighted by molar-refractivity contribution is 0.0944. The van der Waals surface area contributed by atoms with Crippen molar-refractivity contribution in [2.24, 2.45) is 0 Å². The molecular formula is C20H21FN4O. The molecule has 1 N–H and O–H groups in total. The Labute approximate surface area is 152 Å². The zero-order valence-electron chi connectivity index (χ0n) is 14.8. The normalized spacial score (nSPS) is 10.9. The van der Waals surface area contributed by atoms with E-state index in [-0.39, 0.29) is 11.7 Å². The summed E-state index contributed by atoms with van der Waals surface area (Å²) < 4.78 is 14.7. The second-order valence-electron chi connectivity index (χ2n) is 6.36. The van der Waals surface area contributed by atoms with Crippen molar-refractivity contribution in [3.63, 3.8) is 0 Å². The molecule has 0 unspecified atom stereocenters. The van der Waals surface area contributed by atoms with Crippen LogP contribution < -0.4 is 5.32 Å². The number of hydrogen-bond donors (Lipinski definition) is 1. The Bertz CT molecular complexity index is 870. The van der Waals surface area contributed by atoms with E-state index in [1.54, 1.807) is 16.7 Å². The zero-order chi connectivity index (χ0) is 18.5. The maximum absolute atomic E-state index is 13.1. The van der Waals surface area contributed by atoms with Crippen molar-refractivity contribution in [3.8, 4) is 5.69 Å². The van der Waals surface area contributed by atoms with Crippen LogP contribution >= 0.6 is 0 Å². The largest absolute Gasteiger partial charge is 0.347 e. The van der Waals surface area contributed by atoms with Crippen molar-refractivity contribution in [2.75, 3.05) is 14.1 Å². The van der Waals surface area contributed by atoms with Gasteiger partial charge >= 0.3 is 0 Å². The molecule has 1 amide bonds. The number of hydrogen-bond acceptors (Lipinski definition) is 3. The highest BCUT2D eigenvalue weighted by Crippen LogP contribution is 2.13. The fourth-order valence-corrected chi connectivity index (χ4v) is 2.67. The van der Waals surface area contributed by atoms with Gasteiger partial charge in [-0.3, -0.25) is 9.36 Å². The Morgan fingerprint density at radius 1 is 1.08 bits per heavy atom. The third-order valence-corrected chi connectivity index (χ3v) is 3.95. The molecule has 0 aliphatic heterocycles. The minimum absolute atomic E-state index is 0.232. The smallest absolute Gasteiger partial charge is 0.270 e. The third-order valence-electron chi connectivity index (χ3n) is 3.95. The first-order valence-corrected chi connectivity index (χ1v) is 8.32. The number of benzene rings is 2. The second kappa shape index (κ2) is 7.93. The predicted molar refractivity (Wildman–Crippen MR) is 98.5 cm³/mol. The zero-order valence-corrected chi connectivity index (χ0v) is 14.8. The minimum atomic E-state index is -0.322. The summed E-state index contributed by atoms with van der Waals surface area (Å²) in [5.74, 6) is -0.554. The van der Waals surface area contributed by atoms with Crippen molar-refractivity contribution in [2.45, 2.75) is 13.1 Å². The minimum Gasteiger partial charge on any atom is -0.347 e. The van der Waals surface area contributed by atoms with Crippen LogP contribution in [0.3, 0.4) is 0 Å². The molecule has 1 heterocycles. The van der Waals surface area contributed by atoms with Crippen LogP contribution in [0.1, 0.15) is 21.6 Å². The van der Waals surface area contributed by atoms with Crippen LogP contribution in [0.25, 0.3) is 5.69 Å². The van der Waals surface area contributed by atoms with Gasteiger partial charge in [0.15, 0.2) is 0 Å². The van der Waals surface area contributed by atoms with Crippen molar-refractivity contribution in [1.82, 2.24) is 19.8 Å². The number of amides is 1. The van der Waals surface area contributed by atoms with E-state index in [0.717, 1.165) is 12.1 Å². The van der Waals surface area contributed by atoms with Crippen LogP contribution in [0.15, 0.2) is 61.1 Å². The lowest BCUT2D eigenvalue weighted by atomic mass is 10.1. The molecule has 0 fully saturated rings. The van der Waals surface area contributed by atoms with Gasteiger partial charge in [-0.05, 0) is 49.5 Å². The van der Waals surface area contributed by atoms with E-state index >= 15 is 0 Å². The van der Waals surface area contributed by atoms with Crippen LogP contribution in [0.5, 0.6) is 0 Å². The van der Waals surface area contributed by atoms with E-state index in [4.69, 9.17) is 0 Å². The molecule has 26 heavy (non-hydrogen) atoms. The highest BCUT2D eigenvalue weighted by molar-refractivity contribution is 5.92. The standard InChI is InChI=1S/C20H21FN4O/c1-24(2)13-16-5-3-15(4-6-16)11-23-20(26)19-12-22-14-25(19)18-9-7-17(21)8-10-18/h3-10,12,14H,11,13H2,1-2H3,(H,23,26). The summed E-state index contributed by atoms with van der Waals surface area (Å²) in [5, 5.41) is 2.90. The van der Waals surface area contributed by atoms with Crippen LogP contribution in [0.4, 0.5) is 4.39 Å². The molecule has 3 rings (SSSR count). The van der Waals surface area contributed by atoms with Gasteiger partial charge in [0.25, 0.3) is 5.91 Å². The van der Waals surface area contributed by atoms with Crippen LogP contribution in [0, 0.1) is 5.82 Å². The van der Waals surface area contributed by atoms with Crippen LogP contribution in [-0.2, 0) is 13.1 Å². The number of nitrogens with zero attached hydrogens (tertiary/aromatic N) is 3. The predicted octanol–water partition coefficient (Wildman–Crippen LogP) is 3.00. The summed E-state index contributed by atoms with van der Waals surface area (Å²) in [5.41, 5.74) is 3.33. The molecule has 1 aromatic heterocycles. The third kappa shape index (κ3) is 4.34. The maximum Gasteiger partial charge on any atom is 0.270 e. The number of halogens is 1. The van der Waals surface area contributed by atoms with Gasteiger partial charge in [-0.2, -0.15) is 0 Å². The van der Waals surface area contributed by atoms with Gasteiger partial charge < -0.3 is 10.2 Å². The molecule has 0 atom stereocenters. The van der Waals surface area contributed by atoms with Gasteiger partial charge in [-0.1, -0.05) is 24.3 Å². The van der Waals surface area contributed by atoms with Gasteiger partial charge in [-0.25, -0.2) is 9.37 Å². The average molecular weight is 352 g/mol. The lowest BCUT2D eigenvalue weighted by Crippen LogP contribution is -2.25. The fourth-order valence-electron chi connectivity index (χ4n) is 2.67. The highest BCUT2D eigenvalue weighted by Gasteiger charge is 2.13. The van der Waals surface area contributed by atoms with Crippen molar-refractivity contribution < 1.29 is 9.18 Å². The summed E-state index contributed by atoms with van der Waals surface area (Å²) >= 11 is 0. The monoisotopic (exact) mass is 352 g/mol. The number of aromatic nitrogens is 2. The fraction of sp³-hybridized carbons (Fsp3) is 0.200. The summed E-state index contributed by atoms with van der Waals surface area (Å²) in [4.78, 5) is 18.6. The van der Waals surface area contributed by atoms with Gasteiger partial charge in [0.1, 0.15) is 11.5 Å². The van der Waals surface area contributed by atoms with Crippen LogP contribution in [-0.4, -0.2) is 34.5 Å². The van der Waals surface area contributed by atoms with Crippen LogP contribution in [0.2, 0.25) is 0 Å². The van der Waals surface area contributed by atoms with Gasteiger partial charge in [0.05, 0.1) is 12.5 Å². The lowest BCUT2D eigenvalue weighted by Gasteiger charge is -2.11. The number of carbonyl (C=O) groups excluding carboxylic acids is 1. The van der Waals surface area contributed by atoms with E-state index in [0.29, 0.717) is 17.9 Å². The van der Waals surface area contributed by atoms with E-state index in [2.05, 4.69) is 27.3 Å². The quantitative estimate of drug-likeness (QED) is 0.742. The molecule has 5 nitrogen and oxygen atoms in total. The number of carbonyl (C=O) groups is 1. The van der Waals surface area contributed by atoms with E-state index in [1.807, 2.05) is 26.2 Å². The Morgan fingerprint density at radius 2 is 1.73 bits per heavy atom. The van der Waals surface area contributed by atoms with Crippen molar-refractivity contribution in [1.29, 1.82) is 0 Å². The topological polar surface area (TPSA) is 50.2 Å². The van der Waals surface area contributed by atoms with Crippen molar-refractivity contribution >= 4 is 5.91 Å². The summed E-state index contributed by atoms with van der Waals surface area (Å²) in [6, 6.07) is 14.1. The summed E-state index contributed by atoms with van der Waals surface area (Å²) in [6.07, 6.45) is 3.04. The molecule has 3 aromatic rings. The SMILES string of the molecule is CN(C)Cc1ccc(CNC(=O)c2cncn2-c2ccc(F)cc2)cc1. The first-order chi connectivity index (χ1) is 12.5. The molecule has 0 bridgehead atoms. The molecule has 134 valence electrons. The van der Waals surface area contributed by atoms with Gasteiger partial charge in [0, 0.05) is 18.8 Å². The second-order valence-corrected chi connectivity index (χ2v) is 6.36. The first-order valence-electron chi connectivity index (χ1n) is 8.32. The maximum atomic E-state index is 13.1. The van der Waals surface area contributed by atoms with Crippen molar-refractivity contribution in [3.05, 3.63) is 83.7 Å². The highest BCUT2D eigenvalue weighted by atomic mass is 19.1. The van der Waals surface area contributed by atoms with E-state index in [1.165, 1.54) is 30.2 Å². The first kappa shape index (κ1) is 17.8. The summed E-state index contributed by atoms with van der Waals surface area (Å²) in [7, 11) is 4.05. The average Bonchev–Trinajstić information content (AvgIpc) is 3.11. The molecule has 0 saturated carbocycles. The number of imidazole rings is 1. The van der Waals surface area contributed by atoms with Gasteiger partial charge in [-0.15, -0.1) is 0 Å². The molecular weight excluding hydrogens is 331 g/mol. The van der Waals surface area contributed by atoms with Gasteiger partial charge in [0.2, 0.25) is 0 Å². The Hall–Kier alpha value is -2.99. The number of nitrogens with one attached hydrogen (secondary N) is 1. The molecule has 0 radical (unpaired) electrons. The Kier molecular flexibility index (Phi) is 5.43.